The lowest BCUT2D eigenvalue weighted by molar-refractivity contribution is 0.0644. The molecule has 90 valence electrons. The summed E-state index contributed by atoms with van der Waals surface area (Å²) >= 11 is 0. The molecule has 0 fully saturated rings. The molecule has 0 amide bonds. The SMILES string of the molecule is COCCOCCCOc1ccnc(N)c1. The first kappa shape index (κ1) is 12.7. The minimum absolute atomic E-state index is 0.467. The number of nitrogen functional groups attached to an aromatic ring is 1. The minimum Gasteiger partial charge on any atom is -0.493 e. The second-order valence-corrected chi connectivity index (χ2v) is 3.22. The highest BCUT2D eigenvalue weighted by Crippen LogP contribution is 2.11. The highest BCUT2D eigenvalue weighted by Gasteiger charge is 1.95. The van der Waals surface area contributed by atoms with Gasteiger partial charge in [-0.15, -0.1) is 0 Å². The van der Waals surface area contributed by atoms with E-state index in [2.05, 4.69) is 4.98 Å². The Morgan fingerprint density at radius 3 is 2.88 bits per heavy atom. The first-order valence-corrected chi connectivity index (χ1v) is 5.24. The highest BCUT2D eigenvalue weighted by atomic mass is 16.5. The van der Waals surface area contributed by atoms with E-state index in [4.69, 9.17) is 19.9 Å². The fourth-order valence-corrected chi connectivity index (χ4v) is 1.11. The van der Waals surface area contributed by atoms with Crippen LogP contribution in [-0.4, -0.2) is 38.5 Å². The van der Waals surface area contributed by atoms with Crippen molar-refractivity contribution in [3.05, 3.63) is 18.3 Å². The Hall–Kier alpha value is -1.33. The van der Waals surface area contributed by atoms with Crippen molar-refractivity contribution < 1.29 is 14.2 Å². The van der Waals surface area contributed by atoms with Gasteiger partial charge in [0.2, 0.25) is 0 Å². The van der Waals surface area contributed by atoms with E-state index in [1.54, 1.807) is 25.4 Å². The average molecular weight is 226 g/mol. The molecule has 0 bridgehead atoms. The summed E-state index contributed by atoms with van der Waals surface area (Å²) in [5.41, 5.74) is 5.51. The van der Waals surface area contributed by atoms with Gasteiger partial charge in [0.15, 0.2) is 0 Å². The molecule has 0 aliphatic rings. The molecule has 2 N–H and O–H groups in total. The van der Waals surface area contributed by atoms with Gasteiger partial charge in [-0.2, -0.15) is 0 Å². The molecule has 0 aliphatic heterocycles. The van der Waals surface area contributed by atoms with E-state index in [0.717, 1.165) is 12.2 Å². The molecule has 0 saturated heterocycles. The molecule has 0 unspecified atom stereocenters. The smallest absolute Gasteiger partial charge is 0.126 e. The molecule has 0 atom stereocenters. The molecule has 5 heteroatoms. The van der Waals surface area contributed by atoms with Crippen LogP contribution in [0.3, 0.4) is 0 Å². The van der Waals surface area contributed by atoms with Gasteiger partial charge in [-0.05, 0) is 6.07 Å². The maximum Gasteiger partial charge on any atom is 0.126 e. The lowest BCUT2D eigenvalue weighted by Gasteiger charge is -2.06. The summed E-state index contributed by atoms with van der Waals surface area (Å²) in [6.07, 6.45) is 2.46. The van der Waals surface area contributed by atoms with Crippen LogP contribution < -0.4 is 10.5 Å². The third-order valence-electron chi connectivity index (χ3n) is 1.89. The monoisotopic (exact) mass is 226 g/mol. The van der Waals surface area contributed by atoms with E-state index in [-0.39, 0.29) is 0 Å². The van der Waals surface area contributed by atoms with Crippen LogP contribution in [0.5, 0.6) is 5.75 Å². The first-order chi connectivity index (χ1) is 7.83. The van der Waals surface area contributed by atoms with E-state index >= 15 is 0 Å². The number of nitrogens with two attached hydrogens (primary N) is 1. The van der Waals surface area contributed by atoms with Gasteiger partial charge in [-0.3, -0.25) is 0 Å². The average Bonchev–Trinajstić information content (AvgIpc) is 2.28. The highest BCUT2D eigenvalue weighted by molar-refractivity contribution is 5.35. The number of anilines is 1. The number of ether oxygens (including phenoxy) is 3. The standard InChI is InChI=1S/C11H18N2O3/c1-14-7-8-15-5-2-6-16-10-3-4-13-11(12)9-10/h3-4,9H,2,5-8H2,1H3,(H2,12,13). The molecular weight excluding hydrogens is 208 g/mol. The Morgan fingerprint density at radius 1 is 1.25 bits per heavy atom. The summed E-state index contributed by atoms with van der Waals surface area (Å²) < 4.78 is 15.6. The lowest BCUT2D eigenvalue weighted by atomic mass is 10.4. The van der Waals surface area contributed by atoms with Crippen LogP contribution in [0.1, 0.15) is 6.42 Å². The fourth-order valence-electron chi connectivity index (χ4n) is 1.11. The van der Waals surface area contributed by atoms with Gasteiger partial charge in [0.25, 0.3) is 0 Å². The molecule has 1 heterocycles. The van der Waals surface area contributed by atoms with Gasteiger partial charge >= 0.3 is 0 Å². The van der Waals surface area contributed by atoms with Gasteiger partial charge in [0.05, 0.1) is 19.8 Å². The zero-order valence-corrected chi connectivity index (χ0v) is 9.52. The number of nitrogens with zero attached hydrogens (tertiary/aromatic N) is 1. The van der Waals surface area contributed by atoms with Gasteiger partial charge in [0, 0.05) is 32.4 Å². The molecule has 0 aromatic carbocycles. The van der Waals surface area contributed by atoms with Crippen molar-refractivity contribution >= 4 is 5.82 Å². The number of methoxy groups -OCH3 is 1. The van der Waals surface area contributed by atoms with Gasteiger partial charge in [-0.1, -0.05) is 0 Å². The van der Waals surface area contributed by atoms with Crippen molar-refractivity contribution in [2.75, 3.05) is 39.3 Å². The van der Waals surface area contributed by atoms with Crippen LogP contribution in [0, 0.1) is 0 Å². The van der Waals surface area contributed by atoms with E-state index in [1.165, 1.54) is 0 Å². The van der Waals surface area contributed by atoms with Crippen LogP contribution in [-0.2, 0) is 9.47 Å². The quantitative estimate of drug-likeness (QED) is 0.672. The van der Waals surface area contributed by atoms with E-state index in [0.29, 0.717) is 32.2 Å². The second kappa shape index (κ2) is 7.90. The summed E-state index contributed by atoms with van der Waals surface area (Å²) in [6.45, 7) is 2.53. The second-order valence-electron chi connectivity index (χ2n) is 3.22. The van der Waals surface area contributed by atoms with Crippen LogP contribution >= 0.6 is 0 Å². The molecule has 1 aromatic rings. The zero-order valence-electron chi connectivity index (χ0n) is 9.52. The molecule has 5 nitrogen and oxygen atoms in total. The van der Waals surface area contributed by atoms with E-state index in [9.17, 15) is 0 Å². The van der Waals surface area contributed by atoms with Crippen molar-refractivity contribution in [2.45, 2.75) is 6.42 Å². The Balaban J connectivity index is 2.03. The first-order valence-electron chi connectivity index (χ1n) is 5.24. The number of hydrogen-bond acceptors (Lipinski definition) is 5. The molecule has 0 radical (unpaired) electrons. The number of hydrogen-bond donors (Lipinski definition) is 1. The normalized spacial score (nSPS) is 10.3. The van der Waals surface area contributed by atoms with Crippen molar-refractivity contribution in [3.8, 4) is 5.75 Å². The molecule has 0 spiro atoms. The molecule has 1 aromatic heterocycles. The predicted molar refractivity (Wildman–Crippen MR) is 61.5 cm³/mol. The summed E-state index contributed by atoms with van der Waals surface area (Å²) in [6, 6.07) is 3.48. The van der Waals surface area contributed by atoms with Gasteiger partial charge in [-0.25, -0.2) is 4.98 Å². The summed E-state index contributed by atoms with van der Waals surface area (Å²) in [4.78, 5) is 3.88. The largest absolute Gasteiger partial charge is 0.493 e. The number of aromatic nitrogens is 1. The Labute approximate surface area is 95.5 Å². The van der Waals surface area contributed by atoms with Crippen molar-refractivity contribution in [3.63, 3.8) is 0 Å². The van der Waals surface area contributed by atoms with Gasteiger partial charge in [0.1, 0.15) is 11.6 Å². The molecule has 16 heavy (non-hydrogen) atoms. The third-order valence-corrected chi connectivity index (χ3v) is 1.89. The Morgan fingerprint density at radius 2 is 2.12 bits per heavy atom. The number of rotatable bonds is 8. The van der Waals surface area contributed by atoms with Crippen molar-refractivity contribution in [1.82, 2.24) is 4.98 Å². The maximum absolute atomic E-state index is 5.51. The van der Waals surface area contributed by atoms with Crippen molar-refractivity contribution in [2.24, 2.45) is 0 Å². The van der Waals surface area contributed by atoms with Gasteiger partial charge < -0.3 is 19.9 Å². The lowest BCUT2D eigenvalue weighted by Crippen LogP contribution is -2.07. The Bertz CT molecular complexity index is 294. The van der Waals surface area contributed by atoms with Crippen molar-refractivity contribution in [1.29, 1.82) is 0 Å². The van der Waals surface area contributed by atoms with E-state index < -0.39 is 0 Å². The minimum atomic E-state index is 0.467. The van der Waals surface area contributed by atoms with Crippen LogP contribution in [0.15, 0.2) is 18.3 Å². The van der Waals surface area contributed by atoms with Crippen LogP contribution in [0.2, 0.25) is 0 Å². The molecule has 1 rings (SSSR count). The van der Waals surface area contributed by atoms with E-state index in [1.807, 2.05) is 0 Å². The summed E-state index contributed by atoms with van der Waals surface area (Å²) in [5, 5.41) is 0. The topological polar surface area (TPSA) is 66.6 Å². The summed E-state index contributed by atoms with van der Waals surface area (Å²) in [5.74, 6) is 1.21. The predicted octanol–water partition coefficient (Wildman–Crippen LogP) is 1.10. The molecule has 0 aliphatic carbocycles. The molecular formula is C11H18N2O3. The fraction of sp³-hybridized carbons (Fsp3) is 0.545. The maximum atomic E-state index is 5.51. The summed E-state index contributed by atoms with van der Waals surface area (Å²) in [7, 11) is 1.65. The van der Waals surface area contributed by atoms with Crippen LogP contribution in [0.25, 0.3) is 0 Å². The Kier molecular flexibility index (Phi) is 6.29. The molecule has 0 saturated carbocycles. The zero-order chi connectivity index (χ0) is 11.6. The third kappa shape index (κ3) is 5.53. The number of pyridine rings is 1. The van der Waals surface area contributed by atoms with Crippen LogP contribution in [0.4, 0.5) is 5.82 Å².